The summed E-state index contributed by atoms with van der Waals surface area (Å²) in [5.41, 5.74) is 0. The third-order valence-corrected chi connectivity index (χ3v) is 1.58. The second kappa shape index (κ2) is 6.46. The largest absolute Gasteiger partial charge is 0.466 e. The number of nitrogens with one attached hydrogen (secondary N) is 1. The quantitative estimate of drug-likeness (QED) is 0.645. The van der Waals surface area contributed by atoms with Crippen molar-refractivity contribution in [3.63, 3.8) is 0 Å². The maximum Gasteiger partial charge on any atom is 0.302 e. The standard InChI is InChI=1S/C9H17NO3/c1-7(6-13-9(3)12)4-5-10-8(2)11/h7H,4-6H2,1-3H3,(H,10,11)/t7-/m1/s1. The lowest BCUT2D eigenvalue weighted by atomic mass is 10.1. The lowest BCUT2D eigenvalue weighted by Crippen LogP contribution is -2.23. The fourth-order valence-electron chi connectivity index (χ4n) is 0.838. The van der Waals surface area contributed by atoms with Crippen LogP contribution >= 0.6 is 0 Å². The van der Waals surface area contributed by atoms with E-state index >= 15 is 0 Å². The van der Waals surface area contributed by atoms with Crippen LogP contribution in [0.3, 0.4) is 0 Å². The molecule has 76 valence electrons. The van der Waals surface area contributed by atoms with Crippen molar-refractivity contribution in [2.75, 3.05) is 13.2 Å². The van der Waals surface area contributed by atoms with Gasteiger partial charge in [-0.3, -0.25) is 9.59 Å². The van der Waals surface area contributed by atoms with Crippen LogP contribution in [-0.4, -0.2) is 25.0 Å². The summed E-state index contributed by atoms with van der Waals surface area (Å²) in [6.07, 6.45) is 0.826. The number of esters is 1. The van der Waals surface area contributed by atoms with Gasteiger partial charge in [0.2, 0.25) is 5.91 Å². The fourth-order valence-corrected chi connectivity index (χ4v) is 0.838. The monoisotopic (exact) mass is 187 g/mol. The molecule has 0 aliphatic carbocycles. The Labute approximate surface area is 78.6 Å². The molecule has 0 fully saturated rings. The van der Waals surface area contributed by atoms with E-state index in [1.54, 1.807) is 0 Å². The Bertz CT molecular complexity index is 180. The lowest BCUT2D eigenvalue weighted by molar-refractivity contribution is -0.142. The average Bonchev–Trinajstić information content (AvgIpc) is 2.00. The summed E-state index contributed by atoms with van der Waals surface area (Å²) >= 11 is 0. The summed E-state index contributed by atoms with van der Waals surface area (Å²) in [5.74, 6) is 0.00168. The van der Waals surface area contributed by atoms with Gasteiger partial charge in [0, 0.05) is 20.4 Å². The van der Waals surface area contributed by atoms with Gasteiger partial charge in [0.1, 0.15) is 0 Å². The molecule has 1 atom stereocenters. The molecule has 1 N–H and O–H groups in total. The minimum absolute atomic E-state index is 0.0281. The predicted octanol–water partition coefficient (Wildman–Crippen LogP) is 0.712. The van der Waals surface area contributed by atoms with E-state index in [1.165, 1.54) is 13.8 Å². The molecule has 4 heteroatoms. The Morgan fingerprint density at radius 2 is 2.00 bits per heavy atom. The van der Waals surface area contributed by atoms with Crippen LogP contribution in [0.15, 0.2) is 0 Å². The summed E-state index contributed by atoms with van der Waals surface area (Å²) in [5, 5.41) is 2.68. The highest BCUT2D eigenvalue weighted by atomic mass is 16.5. The summed E-state index contributed by atoms with van der Waals surface area (Å²) < 4.78 is 4.81. The number of carbonyl (C=O) groups excluding carboxylic acids is 2. The lowest BCUT2D eigenvalue weighted by Gasteiger charge is -2.10. The summed E-state index contributed by atoms with van der Waals surface area (Å²) in [6, 6.07) is 0. The molecule has 13 heavy (non-hydrogen) atoms. The molecule has 0 aromatic heterocycles. The average molecular weight is 187 g/mol. The highest BCUT2D eigenvalue weighted by Crippen LogP contribution is 2.00. The van der Waals surface area contributed by atoms with Crippen molar-refractivity contribution in [3.8, 4) is 0 Å². The molecule has 0 spiro atoms. The smallest absolute Gasteiger partial charge is 0.302 e. The van der Waals surface area contributed by atoms with Gasteiger partial charge in [0.25, 0.3) is 0 Å². The van der Waals surface area contributed by atoms with E-state index < -0.39 is 0 Å². The summed E-state index contributed by atoms with van der Waals surface area (Å²) in [6.45, 7) is 5.91. The second-order valence-corrected chi connectivity index (χ2v) is 3.18. The number of hydrogen-bond donors (Lipinski definition) is 1. The Hall–Kier alpha value is -1.06. The molecule has 0 saturated heterocycles. The van der Waals surface area contributed by atoms with Gasteiger partial charge in [-0.25, -0.2) is 0 Å². The first-order valence-corrected chi connectivity index (χ1v) is 4.40. The van der Waals surface area contributed by atoms with Crippen LogP contribution in [0.5, 0.6) is 0 Å². The van der Waals surface area contributed by atoms with E-state index in [2.05, 4.69) is 5.32 Å². The van der Waals surface area contributed by atoms with Gasteiger partial charge < -0.3 is 10.1 Å². The first-order chi connectivity index (χ1) is 6.02. The van der Waals surface area contributed by atoms with Gasteiger partial charge in [0.05, 0.1) is 6.61 Å². The number of ether oxygens (including phenoxy) is 1. The number of amides is 1. The molecule has 1 amide bonds. The SMILES string of the molecule is CC(=O)NCC[C@@H](C)COC(C)=O. The van der Waals surface area contributed by atoms with Gasteiger partial charge in [-0.2, -0.15) is 0 Å². The predicted molar refractivity (Wildman–Crippen MR) is 49.1 cm³/mol. The van der Waals surface area contributed by atoms with Crippen molar-refractivity contribution < 1.29 is 14.3 Å². The van der Waals surface area contributed by atoms with Gasteiger partial charge >= 0.3 is 5.97 Å². The van der Waals surface area contributed by atoms with Crippen LogP contribution in [0.1, 0.15) is 27.2 Å². The Kier molecular flexibility index (Phi) is 5.93. The van der Waals surface area contributed by atoms with Crippen LogP contribution < -0.4 is 5.32 Å². The van der Waals surface area contributed by atoms with Gasteiger partial charge in [0.15, 0.2) is 0 Å². The number of rotatable bonds is 5. The van der Waals surface area contributed by atoms with E-state index in [0.29, 0.717) is 13.2 Å². The van der Waals surface area contributed by atoms with Crippen LogP contribution in [0.2, 0.25) is 0 Å². The minimum atomic E-state index is -0.258. The van der Waals surface area contributed by atoms with E-state index in [0.717, 1.165) is 6.42 Å². The fraction of sp³-hybridized carbons (Fsp3) is 0.778. The Balaban J connectivity index is 3.35. The third-order valence-electron chi connectivity index (χ3n) is 1.58. The van der Waals surface area contributed by atoms with Crippen LogP contribution in [0, 0.1) is 5.92 Å². The van der Waals surface area contributed by atoms with Crippen molar-refractivity contribution in [1.29, 1.82) is 0 Å². The molecule has 0 aliphatic heterocycles. The molecule has 0 saturated carbocycles. The minimum Gasteiger partial charge on any atom is -0.466 e. The molecule has 0 aromatic rings. The van der Waals surface area contributed by atoms with Crippen molar-refractivity contribution >= 4 is 11.9 Å². The molecular formula is C9H17NO3. The second-order valence-electron chi connectivity index (χ2n) is 3.18. The first-order valence-electron chi connectivity index (χ1n) is 4.40. The summed E-state index contributed by atoms with van der Waals surface area (Å²) in [4.78, 5) is 20.9. The van der Waals surface area contributed by atoms with Crippen molar-refractivity contribution in [3.05, 3.63) is 0 Å². The molecule has 0 heterocycles. The zero-order valence-corrected chi connectivity index (χ0v) is 8.42. The van der Waals surface area contributed by atoms with E-state index in [4.69, 9.17) is 4.74 Å². The molecular weight excluding hydrogens is 170 g/mol. The van der Waals surface area contributed by atoms with Gasteiger partial charge in [-0.1, -0.05) is 6.92 Å². The Morgan fingerprint density at radius 3 is 2.46 bits per heavy atom. The molecule has 0 aromatic carbocycles. The highest BCUT2D eigenvalue weighted by molar-refractivity contribution is 5.72. The topological polar surface area (TPSA) is 55.4 Å². The molecule has 0 radical (unpaired) electrons. The van der Waals surface area contributed by atoms with E-state index in [-0.39, 0.29) is 17.8 Å². The van der Waals surface area contributed by atoms with Gasteiger partial charge in [-0.15, -0.1) is 0 Å². The van der Waals surface area contributed by atoms with Crippen LogP contribution in [0.4, 0.5) is 0 Å². The Morgan fingerprint density at radius 1 is 1.38 bits per heavy atom. The molecule has 0 unspecified atom stereocenters. The number of carbonyl (C=O) groups is 2. The van der Waals surface area contributed by atoms with E-state index in [9.17, 15) is 9.59 Å². The van der Waals surface area contributed by atoms with Crippen molar-refractivity contribution in [2.24, 2.45) is 5.92 Å². The zero-order valence-electron chi connectivity index (χ0n) is 8.42. The van der Waals surface area contributed by atoms with Crippen LogP contribution in [0.25, 0.3) is 0 Å². The molecule has 0 aliphatic rings. The van der Waals surface area contributed by atoms with Crippen molar-refractivity contribution in [2.45, 2.75) is 27.2 Å². The molecule has 0 rings (SSSR count). The molecule has 0 bridgehead atoms. The first kappa shape index (κ1) is 11.9. The van der Waals surface area contributed by atoms with E-state index in [1.807, 2.05) is 6.92 Å². The van der Waals surface area contributed by atoms with Crippen LogP contribution in [-0.2, 0) is 14.3 Å². The summed E-state index contributed by atoms with van der Waals surface area (Å²) in [7, 11) is 0. The number of hydrogen-bond acceptors (Lipinski definition) is 3. The van der Waals surface area contributed by atoms with Gasteiger partial charge in [-0.05, 0) is 12.3 Å². The normalized spacial score (nSPS) is 11.9. The molecule has 4 nitrogen and oxygen atoms in total. The van der Waals surface area contributed by atoms with Crippen molar-refractivity contribution in [1.82, 2.24) is 5.32 Å². The zero-order chi connectivity index (χ0) is 10.3. The third kappa shape index (κ3) is 8.85. The maximum absolute atomic E-state index is 10.5. The highest BCUT2D eigenvalue weighted by Gasteiger charge is 2.03. The maximum atomic E-state index is 10.5.